The summed E-state index contributed by atoms with van der Waals surface area (Å²) in [5.74, 6) is 0.986. The molecule has 4 heteroatoms. The van der Waals surface area contributed by atoms with Gasteiger partial charge in [0.15, 0.2) is 0 Å². The molecule has 0 bridgehead atoms. The molecule has 0 fully saturated rings. The molecule has 0 rings (SSSR count). The van der Waals surface area contributed by atoms with Gasteiger partial charge in [0.1, 0.15) is 0 Å². The maximum absolute atomic E-state index is 11.8. The molecule has 0 aliphatic heterocycles. The predicted molar refractivity (Wildman–Crippen MR) is 66.3 cm³/mol. The Morgan fingerprint density at radius 1 is 1.35 bits per heavy atom. The average molecular weight is 239 g/mol. The number of nitrogens with one attached hydrogen (secondary N) is 1. The minimum atomic E-state index is -1.07. The lowest BCUT2D eigenvalue weighted by molar-refractivity contribution is -0.153. The van der Waals surface area contributed by atoms with Crippen molar-refractivity contribution in [2.24, 2.45) is 11.3 Å². The molecule has 2 N–H and O–H groups in total. The summed E-state index contributed by atoms with van der Waals surface area (Å²) in [4.78, 5) is 23.0. The molecule has 0 aromatic carbocycles. The van der Waals surface area contributed by atoms with Gasteiger partial charge in [-0.25, -0.2) is 0 Å². The second kappa shape index (κ2) is 5.22. The summed E-state index contributed by atoms with van der Waals surface area (Å²) in [6.07, 6.45) is 5.18. The van der Waals surface area contributed by atoms with E-state index < -0.39 is 16.9 Å². The third-order valence-corrected chi connectivity index (χ3v) is 3.10. The monoisotopic (exact) mass is 239 g/mol. The molecule has 0 aromatic heterocycles. The number of amides is 1. The maximum atomic E-state index is 11.8. The summed E-state index contributed by atoms with van der Waals surface area (Å²) < 4.78 is 0. The molecular formula is C13H21NO3. The van der Waals surface area contributed by atoms with Gasteiger partial charge in [0, 0.05) is 6.42 Å². The fraction of sp³-hybridized carbons (Fsp3) is 0.692. The highest BCUT2D eigenvalue weighted by atomic mass is 16.4. The van der Waals surface area contributed by atoms with Gasteiger partial charge in [-0.2, -0.15) is 0 Å². The second-order valence-electron chi connectivity index (χ2n) is 5.37. The minimum Gasteiger partial charge on any atom is -0.481 e. The van der Waals surface area contributed by atoms with Crippen LogP contribution in [0.1, 0.15) is 41.0 Å². The van der Waals surface area contributed by atoms with E-state index in [9.17, 15) is 14.7 Å². The lowest BCUT2D eigenvalue weighted by Crippen LogP contribution is -2.46. The molecule has 0 spiro atoms. The van der Waals surface area contributed by atoms with Crippen LogP contribution in [0.2, 0.25) is 0 Å². The molecule has 1 atom stereocenters. The Balaban J connectivity index is 4.78. The van der Waals surface area contributed by atoms with E-state index in [-0.39, 0.29) is 18.2 Å². The Morgan fingerprint density at radius 2 is 1.82 bits per heavy atom. The van der Waals surface area contributed by atoms with Gasteiger partial charge in [0.25, 0.3) is 0 Å². The summed E-state index contributed by atoms with van der Waals surface area (Å²) in [7, 11) is 0. The first kappa shape index (κ1) is 15.5. The van der Waals surface area contributed by atoms with E-state index in [0.29, 0.717) is 0 Å². The van der Waals surface area contributed by atoms with Gasteiger partial charge in [-0.1, -0.05) is 19.8 Å². The summed E-state index contributed by atoms with van der Waals surface area (Å²) in [5.41, 5.74) is -1.83. The first-order valence-corrected chi connectivity index (χ1v) is 5.57. The Hall–Kier alpha value is -1.50. The quantitative estimate of drug-likeness (QED) is 0.717. The van der Waals surface area contributed by atoms with E-state index >= 15 is 0 Å². The third-order valence-electron chi connectivity index (χ3n) is 3.10. The van der Waals surface area contributed by atoms with Crippen LogP contribution in [0.3, 0.4) is 0 Å². The van der Waals surface area contributed by atoms with Crippen molar-refractivity contribution in [3.63, 3.8) is 0 Å². The van der Waals surface area contributed by atoms with Gasteiger partial charge in [0.2, 0.25) is 5.91 Å². The standard InChI is InChI=1S/C13H21NO3/c1-7-12(4,5)14-10(15)8-13(6,9(2)3)11(16)17/h1,9H,8H2,2-6H3,(H,14,15)(H,16,17). The number of hydrogen-bond donors (Lipinski definition) is 2. The number of aliphatic carboxylic acids is 1. The second-order valence-corrected chi connectivity index (χ2v) is 5.37. The summed E-state index contributed by atoms with van der Waals surface area (Å²) in [6.45, 7) is 8.53. The van der Waals surface area contributed by atoms with E-state index in [1.54, 1.807) is 34.6 Å². The van der Waals surface area contributed by atoms with Crippen LogP contribution in [-0.2, 0) is 9.59 Å². The zero-order valence-electron chi connectivity index (χ0n) is 11.1. The van der Waals surface area contributed by atoms with Gasteiger partial charge >= 0.3 is 5.97 Å². The fourth-order valence-electron chi connectivity index (χ4n) is 1.29. The van der Waals surface area contributed by atoms with Crippen LogP contribution in [0.4, 0.5) is 0 Å². The van der Waals surface area contributed by atoms with Crippen molar-refractivity contribution in [1.29, 1.82) is 0 Å². The highest BCUT2D eigenvalue weighted by Gasteiger charge is 2.39. The van der Waals surface area contributed by atoms with Crippen molar-refractivity contribution in [2.75, 3.05) is 0 Å². The van der Waals surface area contributed by atoms with Gasteiger partial charge in [0.05, 0.1) is 11.0 Å². The van der Waals surface area contributed by atoms with Crippen molar-refractivity contribution >= 4 is 11.9 Å². The Bertz CT molecular complexity index is 352. The van der Waals surface area contributed by atoms with Crippen LogP contribution in [0.15, 0.2) is 0 Å². The van der Waals surface area contributed by atoms with Crippen molar-refractivity contribution in [3.05, 3.63) is 0 Å². The number of carboxylic acids is 1. The van der Waals surface area contributed by atoms with Crippen molar-refractivity contribution in [3.8, 4) is 12.3 Å². The normalized spacial score (nSPS) is 14.9. The van der Waals surface area contributed by atoms with E-state index in [1.807, 2.05) is 0 Å². The van der Waals surface area contributed by atoms with Gasteiger partial charge < -0.3 is 10.4 Å². The van der Waals surface area contributed by atoms with Crippen molar-refractivity contribution in [2.45, 2.75) is 46.6 Å². The Labute approximate surface area is 103 Å². The van der Waals surface area contributed by atoms with E-state index in [1.165, 1.54) is 0 Å². The van der Waals surface area contributed by atoms with Crippen LogP contribution in [0, 0.1) is 23.7 Å². The summed E-state index contributed by atoms with van der Waals surface area (Å²) in [6, 6.07) is 0. The molecule has 17 heavy (non-hydrogen) atoms. The van der Waals surface area contributed by atoms with Gasteiger partial charge in [-0.3, -0.25) is 9.59 Å². The zero-order valence-corrected chi connectivity index (χ0v) is 11.1. The number of carbonyl (C=O) groups excluding carboxylic acids is 1. The SMILES string of the molecule is C#CC(C)(C)NC(=O)CC(C)(C(=O)O)C(C)C. The average Bonchev–Trinajstić information content (AvgIpc) is 2.15. The molecule has 0 saturated heterocycles. The topological polar surface area (TPSA) is 66.4 Å². The van der Waals surface area contributed by atoms with Crippen LogP contribution in [-0.4, -0.2) is 22.5 Å². The molecule has 96 valence electrons. The summed E-state index contributed by atoms with van der Waals surface area (Å²) >= 11 is 0. The molecule has 0 radical (unpaired) electrons. The van der Waals surface area contributed by atoms with Crippen molar-refractivity contribution in [1.82, 2.24) is 5.32 Å². The Kier molecular flexibility index (Phi) is 4.76. The van der Waals surface area contributed by atoms with Crippen LogP contribution >= 0.6 is 0 Å². The molecule has 4 nitrogen and oxygen atoms in total. The van der Waals surface area contributed by atoms with Crippen LogP contribution in [0.5, 0.6) is 0 Å². The smallest absolute Gasteiger partial charge is 0.310 e. The van der Waals surface area contributed by atoms with Crippen LogP contribution in [0.25, 0.3) is 0 Å². The number of carboxylic acid groups (broad SMARTS) is 1. The largest absolute Gasteiger partial charge is 0.481 e. The molecular weight excluding hydrogens is 218 g/mol. The molecule has 0 heterocycles. The number of hydrogen-bond acceptors (Lipinski definition) is 2. The first-order valence-electron chi connectivity index (χ1n) is 5.57. The minimum absolute atomic E-state index is 0.0783. The van der Waals surface area contributed by atoms with Crippen molar-refractivity contribution < 1.29 is 14.7 Å². The molecule has 1 unspecified atom stereocenters. The molecule has 1 amide bonds. The third kappa shape index (κ3) is 4.10. The lowest BCUT2D eigenvalue weighted by atomic mass is 9.76. The van der Waals surface area contributed by atoms with Gasteiger partial charge in [-0.15, -0.1) is 6.42 Å². The molecule has 0 aromatic rings. The Morgan fingerprint density at radius 3 is 2.12 bits per heavy atom. The highest BCUT2D eigenvalue weighted by molar-refractivity contribution is 5.85. The van der Waals surface area contributed by atoms with E-state index in [4.69, 9.17) is 6.42 Å². The highest BCUT2D eigenvalue weighted by Crippen LogP contribution is 2.31. The number of rotatable bonds is 5. The zero-order chi connectivity index (χ0) is 13.9. The van der Waals surface area contributed by atoms with Crippen LogP contribution < -0.4 is 5.32 Å². The fourth-order valence-corrected chi connectivity index (χ4v) is 1.29. The first-order chi connectivity index (χ1) is 7.55. The molecule has 0 aliphatic carbocycles. The lowest BCUT2D eigenvalue weighted by Gasteiger charge is -2.30. The summed E-state index contributed by atoms with van der Waals surface area (Å²) in [5, 5.41) is 11.8. The van der Waals surface area contributed by atoms with Gasteiger partial charge in [-0.05, 0) is 26.7 Å². The number of terminal acetylenes is 1. The maximum Gasteiger partial charge on any atom is 0.310 e. The molecule has 0 aliphatic rings. The number of carbonyl (C=O) groups is 2. The van der Waals surface area contributed by atoms with E-state index in [2.05, 4.69) is 11.2 Å². The van der Waals surface area contributed by atoms with E-state index in [0.717, 1.165) is 0 Å². The predicted octanol–water partition coefficient (Wildman–Crippen LogP) is 1.65. The molecule has 0 saturated carbocycles.